The third kappa shape index (κ3) is 5.74. The van der Waals surface area contributed by atoms with Gasteiger partial charge in [-0.2, -0.15) is 4.31 Å². The molecule has 3 rings (SSSR count). The maximum atomic E-state index is 12.9. The Hall–Kier alpha value is -2.09. The van der Waals surface area contributed by atoms with Crippen molar-refractivity contribution in [1.29, 1.82) is 0 Å². The van der Waals surface area contributed by atoms with Gasteiger partial charge in [-0.3, -0.25) is 4.79 Å². The van der Waals surface area contributed by atoms with Gasteiger partial charge in [-0.05, 0) is 62.1 Å². The summed E-state index contributed by atoms with van der Waals surface area (Å²) in [6, 6.07) is 12.1. The molecule has 2 aromatic carbocycles. The summed E-state index contributed by atoms with van der Waals surface area (Å²) in [6.45, 7) is 3.86. The zero-order valence-corrected chi connectivity index (χ0v) is 18.6. The van der Waals surface area contributed by atoms with Gasteiger partial charge in [-0.1, -0.05) is 30.2 Å². The van der Waals surface area contributed by atoms with Crippen molar-refractivity contribution in [2.75, 3.05) is 26.2 Å². The molecule has 8 heteroatoms. The smallest absolute Gasteiger partial charge is 0.252 e. The first-order valence-corrected chi connectivity index (χ1v) is 12.0. The minimum Gasteiger partial charge on any atom is -0.494 e. The number of rotatable bonds is 8. The molecule has 0 atom stereocenters. The van der Waals surface area contributed by atoms with Crippen molar-refractivity contribution in [3.8, 4) is 5.75 Å². The van der Waals surface area contributed by atoms with Crippen molar-refractivity contribution < 1.29 is 17.9 Å². The van der Waals surface area contributed by atoms with E-state index in [1.54, 1.807) is 0 Å². The van der Waals surface area contributed by atoms with Crippen molar-refractivity contribution in [1.82, 2.24) is 9.62 Å². The largest absolute Gasteiger partial charge is 0.494 e. The first-order chi connectivity index (χ1) is 14.4. The highest BCUT2D eigenvalue weighted by Gasteiger charge is 2.27. The average molecular weight is 451 g/mol. The molecule has 0 radical (unpaired) electrons. The number of halogens is 1. The molecule has 162 valence electrons. The van der Waals surface area contributed by atoms with E-state index >= 15 is 0 Å². The van der Waals surface area contributed by atoms with E-state index in [4.69, 9.17) is 16.3 Å². The van der Waals surface area contributed by atoms with Gasteiger partial charge in [-0.15, -0.1) is 0 Å². The Bertz CT molecular complexity index is 988. The summed E-state index contributed by atoms with van der Waals surface area (Å²) < 4.78 is 32.9. The molecule has 0 aliphatic carbocycles. The minimum atomic E-state index is -3.62. The topological polar surface area (TPSA) is 75.7 Å². The number of ether oxygens (including phenoxy) is 1. The quantitative estimate of drug-likeness (QED) is 0.616. The second-order valence-corrected chi connectivity index (χ2v) is 9.73. The van der Waals surface area contributed by atoms with Crippen LogP contribution in [0.1, 0.15) is 41.6 Å². The van der Waals surface area contributed by atoms with Gasteiger partial charge in [0.15, 0.2) is 0 Å². The number of hydrogen-bond donors (Lipinski definition) is 1. The average Bonchev–Trinajstić information content (AvgIpc) is 2.74. The molecule has 6 nitrogen and oxygen atoms in total. The van der Waals surface area contributed by atoms with Gasteiger partial charge >= 0.3 is 0 Å². The lowest BCUT2D eigenvalue weighted by atomic mass is 10.2. The lowest BCUT2D eigenvalue weighted by Gasteiger charge is -2.26. The van der Waals surface area contributed by atoms with Crippen molar-refractivity contribution in [2.45, 2.75) is 37.5 Å². The third-order valence-electron chi connectivity index (χ3n) is 5.00. The molecule has 0 unspecified atom stereocenters. The van der Waals surface area contributed by atoms with Gasteiger partial charge in [-0.25, -0.2) is 8.42 Å². The Labute approximate surface area is 183 Å². The molecular weight excluding hydrogens is 424 g/mol. The van der Waals surface area contributed by atoms with Gasteiger partial charge in [0.1, 0.15) is 5.75 Å². The number of aryl methyl sites for hydroxylation is 1. The lowest BCUT2D eigenvalue weighted by Crippen LogP contribution is -2.35. The first-order valence-electron chi connectivity index (χ1n) is 10.2. The number of nitrogens with zero attached hydrogens (tertiary/aromatic N) is 1. The highest BCUT2D eigenvalue weighted by Crippen LogP contribution is 2.25. The van der Waals surface area contributed by atoms with Crippen LogP contribution in [0.4, 0.5) is 0 Å². The van der Waals surface area contributed by atoms with Crippen LogP contribution in [0.25, 0.3) is 0 Å². The monoisotopic (exact) mass is 450 g/mol. The number of carbonyl (C=O) groups excluding carboxylic acids is 1. The number of sulfonamides is 1. The lowest BCUT2D eigenvalue weighted by molar-refractivity contribution is 0.0951. The second kappa shape index (κ2) is 10.3. The van der Waals surface area contributed by atoms with Gasteiger partial charge < -0.3 is 10.1 Å². The molecule has 0 spiro atoms. The molecule has 0 aromatic heterocycles. The van der Waals surface area contributed by atoms with Crippen LogP contribution in [-0.4, -0.2) is 44.9 Å². The Kier molecular flexibility index (Phi) is 7.75. The molecule has 0 bridgehead atoms. The molecule has 1 aliphatic rings. The van der Waals surface area contributed by atoms with Crippen LogP contribution in [0.15, 0.2) is 47.4 Å². The van der Waals surface area contributed by atoms with Gasteiger partial charge in [0.05, 0.1) is 22.1 Å². The zero-order chi connectivity index (χ0) is 21.6. The molecule has 1 aliphatic heterocycles. The fourth-order valence-electron chi connectivity index (χ4n) is 3.36. The Morgan fingerprint density at radius 3 is 2.63 bits per heavy atom. The fraction of sp³-hybridized carbons (Fsp3) is 0.409. The molecule has 1 fully saturated rings. The summed E-state index contributed by atoms with van der Waals surface area (Å²) in [6.07, 6.45) is 3.35. The van der Waals surface area contributed by atoms with Gasteiger partial charge in [0.2, 0.25) is 10.0 Å². The van der Waals surface area contributed by atoms with E-state index in [0.29, 0.717) is 32.7 Å². The second-order valence-electron chi connectivity index (χ2n) is 7.38. The molecular formula is C22H27ClN2O4S. The highest BCUT2D eigenvalue weighted by atomic mass is 35.5. The van der Waals surface area contributed by atoms with Crippen molar-refractivity contribution in [3.05, 3.63) is 58.6 Å². The van der Waals surface area contributed by atoms with E-state index in [2.05, 4.69) is 5.32 Å². The van der Waals surface area contributed by atoms with E-state index in [1.165, 1.54) is 22.5 Å². The number of benzene rings is 2. The van der Waals surface area contributed by atoms with Crippen LogP contribution >= 0.6 is 11.6 Å². The van der Waals surface area contributed by atoms with E-state index in [0.717, 1.165) is 30.6 Å². The van der Waals surface area contributed by atoms with Gasteiger partial charge in [0.25, 0.3) is 5.91 Å². The SMILES string of the molecule is Cc1cccc(OCCCNC(=O)c2cc(S(=O)(=O)N3CCCCC3)ccc2Cl)c1. The van der Waals surface area contributed by atoms with Gasteiger partial charge in [0, 0.05) is 19.6 Å². The standard InChI is InChI=1S/C22H27ClN2O4S/c1-17-7-5-8-18(15-17)29-14-6-11-24-22(26)20-16-19(9-10-21(20)23)30(27,28)25-12-3-2-4-13-25/h5,7-10,15-16H,2-4,6,11-14H2,1H3,(H,24,26). The molecule has 1 amide bonds. The first kappa shape index (κ1) is 22.6. The van der Waals surface area contributed by atoms with Crippen LogP contribution in [0.2, 0.25) is 5.02 Å². The summed E-state index contributed by atoms with van der Waals surface area (Å²) in [5.41, 5.74) is 1.28. The summed E-state index contributed by atoms with van der Waals surface area (Å²) in [7, 11) is -3.62. The summed E-state index contributed by atoms with van der Waals surface area (Å²) in [4.78, 5) is 12.7. The van der Waals surface area contributed by atoms with Crippen LogP contribution < -0.4 is 10.1 Å². The van der Waals surface area contributed by atoms with Crippen LogP contribution in [0.3, 0.4) is 0 Å². The molecule has 1 saturated heterocycles. The zero-order valence-electron chi connectivity index (χ0n) is 17.1. The molecule has 1 heterocycles. The predicted molar refractivity (Wildman–Crippen MR) is 118 cm³/mol. The molecule has 2 aromatic rings. The number of nitrogens with one attached hydrogen (secondary N) is 1. The maximum absolute atomic E-state index is 12.9. The van der Waals surface area contributed by atoms with E-state index < -0.39 is 15.9 Å². The minimum absolute atomic E-state index is 0.0988. The molecule has 30 heavy (non-hydrogen) atoms. The number of carbonyl (C=O) groups is 1. The van der Waals surface area contributed by atoms with Crippen molar-refractivity contribution in [2.24, 2.45) is 0 Å². The van der Waals surface area contributed by atoms with Crippen LogP contribution in [0, 0.1) is 6.92 Å². The Balaban J connectivity index is 1.57. The normalized spacial score (nSPS) is 15.0. The van der Waals surface area contributed by atoms with Crippen molar-refractivity contribution >= 4 is 27.5 Å². The fourth-order valence-corrected chi connectivity index (χ4v) is 5.10. The highest BCUT2D eigenvalue weighted by molar-refractivity contribution is 7.89. The summed E-state index contributed by atoms with van der Waals surface area (Å²) >= 11 is 6.17. The van der Waals surface area contributed by atoms with Crippen LogP contribution in [-0.2, 0) is 10.0 Å². The van der Waals surface area contributed by atoms with E-state index in [9.17, 15) is 13.2 Å². The number of hydrogen-bond acceptors (Lipinski definition) is 4. The summed E-state index contributed by atoms with van der Waals surface area (Å²) in [5.74, 6) is 0.395. The predicted octanol–water partition coefficient (Wildman–Crippen LogP) is 4.02. The van der Waals surface area contributed by atoms with E-state index in [1.807, 2.05) is 31.2 Å². The number of piperidine rings is 1. The Morgan fingerprint density at radius 2 is 1.90 bits per heavy atom. The number of amides is 1. The molecule has 0 saturated carbocycles. The van der Waals surface area contributed by atoms with Crippen molar-refractivity contribution in [3.63, 3.8) is 0 Å². The van der Waals surface area contributed by atoms with E-state index in [-0.39, 0.29) is 15.5 Å². The van der Waals surface area contributed by atoms with Crippen LogP contribution in [0.5, 0.6) is 5.75 Å². The summed E-state index contributed by atoms with van der Waals surface area (Å²) in [5, 5.41) is 3.01. The Morgan fingerprint density at radius 1 is 1.13 bits per heavy atom. The molecule has 1 N–H and O–H groups in total. The maximum Gasteiger partial charge on any atom is 0.252 e. The third-order valence-corrected chi connectivity index (χ3v) is 7.22.